The third-order valence-corrected chi connectivity index (χ3v) is 4.37. The van der Waals surface area contributed by atoms with Crippen LogP contribution in [0.5, 0.6) is 0 Å². The fourth-order valence-corrected chi connectivity index (χ4v) is 2.83. The van der Waals surface area contributed by atoms with Gasteiger partial charge in [-0.1, -0.05) is 23.8 Å². The second-order valence-electron chi connectivity index (χ2n) is 5.13. The van der Waals surface area contributed by atoms with Gasteiger partial charge in [-0.25, -0.2) is 4.79 Å². The number of nitrogens with one attached hydrogen (secondary N) is 1. The molecular formula is C18H19NO3S. The van der Waals surface area contributed by atoms with E-state index in [9.17, 15) is 9.59 Å². The Hall–Kier alpha value is -2.27. The van der Waals surface area contributed by atoms with E-state index in [0.29, 0.717) is 11.3 Å². The van der Waals surface area contributed by atoms with Crippen molar-refractivity contribution in [3.05, 3.63) is 59.7 Å². The van der Waals surface area contributed by atoms with Crippen LogP contribution in [0.2, 0.25) is 0 Å². The number of hydrogen-bond acceptors (Lipinski definition) is 4. The van der Waals surface area contributed by atoms with Gasteiger partial charge in [0.2, 0.25) is 5.91 Å². The molecule has 2 aromatic rings. The average molecular weight is 329 g/mol. The molecule has 2 rings (SSSR count). The van der Waals surface area contributed by atoms with E-state index >= 15 is 0 Å². The van der Waals surface area contributed by atoms with Crippen LogP contribution in [0.1, 0.15) is 22.8 Å². The molecule has 0 bridgehead atoms. The maximum atomic E-state index is 12.3. The molecule has 5 heteroatoms. The van der Waals surface area contributed by atoms with Crippen LogP contribution in [0.25, 0.3) is 0 Å². The third kappa shape index (κ3) is 4.86. The van der Waals surface area contributed by atoms with Crippen molar-refractivity contribution in [1.82, 2.24) is 0 Å². The highest BCUT2D eigenvalue weighted by Gasteiger charge is 2.15. The number of benzene rings is 2. The summed E-state index contributed by atoms with van der Waals surface area (Å²) >= 11 is 1.49. The Morgan fingerprint density at radius 1 is 1.13 bits per heavy atom. The predicted octanol–water partition coefficient (Wildman–Crippen LogP) is 3.90. The first kappa shape index (κ1) is 17.1. The highest BCUT2D eigenvalue weighted by atomic mass is 32.2. The van der Waals surface area contributed by atoms with Crippen molar-refractivity contribution >= 4 is 29.3 Å². The molecule has 1 unspecified atom stereocenters. The Morgan fingerprint density at radius 2 is 1.83 bits per heavy atom. The lowest BCUT2D eigenvalue weighted by atomic mass is 10.2. The van der Waals surface area contributed by atoms with E-state index in [-0.39, 0.29) is 11.2 Å². The summed E-state index contributed by atoms with van der Waals surface area (Å²) in [7, 11) is 1.33. The molecule has 1 amide bonds. The number of esters is 1. The summed E-state index contributed by atoms with van der Waals surface area (Å²) in [6, 6.07) is 14.7. The predicted molar refractivity (Wildman–Crippen MR) is 92.9 cm³/mol. The molecule has 0 spiro atoms. The number of carbonyl (C=O) groups excluding carboxylic acids is 2. The zero-order chi connectivity index (χ0) is 16.8. The maximum absolute atomic E-state index is 12.3. The fourth-order valence-electron chi connectivity index (χ4n) is 1.96. The van der Waals surface area contributed by atoms with Crippen molar-refractivity contribution in [2.75, 3.05) is 12.4 Å². The molecule has 0 aliphatic heterocycles. The van der Waals surface area contributed by atoms with Crippen LogP contribution in [0.3, 0.4) is 0 Å². The number of rotatable bonds is 5. The largest absolute Gasteiger partial charge is 0.465 e. The quantitative estimate of drug-likeness (QED) is 0.668. The Bertz CT molecular complexity index is 698. The van der Waals surface area contributed by atoms with Crippen molar-refractivity contribution in [1.29, 1.82) is 0 Å². The second kappa shape index (κ2) is 7.83. The van der Waals surface area contributed by atoms with Crippen molar-refractivity contribution in [3.63, 3.8) is 0 Å². The molecule has 0 aromatic heterocycles. The number of ether oxygens (including phenoxy) is 1. The third-order valence-electron chi connectivity index (χ3n) is 3.25. The summed E-state index contributed by atoms with van der Waals surface area (Å²) in [5.74, 6) is -0.541. The molecule has 1 atom stereocenters. The minimum Gasteiger partial charge on any atom is -0.465 e. The van der Waals surface area contributed by atoms with Gasteiger partial charge in [0.15, 0.2) is 0 Å². The molecular weight excluding hydrogens is 310 g/mol. The second-order valence-corrected chi connectivity index (χ2v) is 6.55. The van der Waals surface area contributed by atoms with Gasteiger partial charge in [-0.15, -0.1) is 11.8 Å². The van der Waals surface area contributed by atoms with Gasteiger partial charge in [0.25, 0.3) is 0 Å². The SMILES string of the molecule is COC(=O)c1cccc(NC(=O)C(C)Sc2ccc(C)cc2)c1. The summed E-state index contributed by atoms with van der Waals surface area (Å²) in [5.41, 5.74) is 2.17. The van der Waals surface area contributed by atoms with Gasteiger partial charge in [0, 0.05) is 10.6 Å². The zero-order valence-corrected chi connectivity index (χ0v) is 14.1. The first-order valence-corrected chi connectivity index (χ1v) is 8.10. The minimum atomic E-state index is -0.428. The van der Waals surface area contributed by atoms with E-state index in [1.165, 1.54) is 24.4 Å². The van der Waals surface area contributed by atoms with Gasteiger partial charge in [-0.05, 0) is 44.2 Å². The molecule has 2 aromatic carbocycles. The number of hydrogen-bond donors (Lipinski definition) is 1. The summed E-state index contributed by atoms with van der Waals surface area (Å²) in [4.78, 5) is 24.8. The lowest BCUT2D eigenvalue weighted by Gasteiger charge is -2.12. The van der Waals surface area contributed by atoms with Crippen LogP contribution >= 0.6 is 11.8 Å². The fraction of sp³-hybridized carbons (Fsp3) is 0.222. The Balaban J connectivity index is 2.00. The van der Waals surface area contributed by atoms with E-state index < -0.39 is 5.97 Å². The maximum Gasteiger partial charge on any atom is 0.337 e. The monoisotopic (exact) mass is 329 g/mol. The zero-order valence-electron chi connectivity index (χ0n) is 13.3. The lowest BCUT2D eigenvalue weighted by Crippen LogP contribution is -2.22. The normalized spacial score (nSPS) is 11.6. The highest BCUT2D eigenvalue weighted by Crippen LogP contribution is 2.24. The number of thioether (sulfide) groups is 1. The van der Waals surface area contributed by atoms with Crippen molar-refractivity contribution in [2.24, 2.45) is 0 Å². The molecule has 4 nitrogen and oxygen atoms in total. The molecule has 23 heavy (non-hydrogen) atoms. The van der Waals surface area contributed by atoms with Crippen LogP contribution < -0.4 is 5.32 Å². The van der Waals surface area contributed by atoms with E-state index in [1.807, 2.05) is 38.1 Å². The number of amides is 1. The first-order valence-electron chi connectivity index (χ1n) is 7.22. The van der Waals surface area contributed by atoms with Gasteiger partial charge < -0.3 is 10.1 Å². The van der Waals surface area contributed by atoms with Crippen LogP contribution in [0.15, 0.2) is 53.4 Å². The standard InChI is InChI=1S/C18H19NO3S/c1-12-7-9-16(10-8-12)23-13(2)17(20)19-15-6-4-5-14(11-15)18(21)22-3/h4-11,13H,1-3H3,(H,19,20). The first-order chi connectivity index (χ1) is 11.0. The molecule has 1 N–H and O–H groups in total. The van der Waals surface area contributed by atoms with Crippen LogP contribution in [0.4, 0.5) is 5.69 Å². The lowest BCUT2D eigenvalue weighted by molar-refractivity contribution is -0.115. The van der Waals surface area contributed by atoms with Gasteiger partial charge in [-0.2, -0.15) is 0 Å². The van der Waals surface area contributed by atoms with Gasteiger partial charge >= 0.3 is 5.97 Å². The summed E-state index contributed by atoms with van der Waals surface area (Å²) in [6.45, 7) is 3.88. The number of aryl methyl sites for hydroxylation is 1. The molecule has 0 saturated heterocycles. The molecule has 0 heterocycles. The van der Waals surface area contributed by atoms with Crippen LogP contribution in [-0.2, 0) is 9.53 Å². The van der Waals surface area contributed by atoms with E-state index in [4.69, 9.17) is 0 Å². The number of carbonyl (C=O) groups is 2. The van der Waals surface area contributed by atoms with Gasteiger partial charge in [0.05, 0.1) is 17.9 Å². The summed E-state index contributed by atoms with van der Waals surface area (Å²) in [6.07, 6.45) is 0. The molecule has 0 radical (unpaired) electrons. The van der Waals surface area contributed by atoms with Crippen molar-refractivity contribution < 1.29 is 14.3 Å². The Labute approximate surface area is 140 Å². The summed E-state index contributed by atoms with van der Waals surface area (Å²) < 4.78 is 4.68. The Morgan fingerprint density at radius 3 is 2.48 bits per heavy atom. The number of methoxy groups -OCH3 is 1. The minimum absolute atomic E-state index is 0.113. The highest BCUT2D eigenvalue weighted by molar-refractivity contribution is 8.00. The van der Waals surface area contributed by atoms with Crippen LogP contribution in [-0.4, -0.2) is 24.2 Å². The Kier molecular flexibility index (Phi) is 5.82. The summed E-state index contributed by atoms with van der Waals surface area (Å²) in [5, 5.41) is 2.57. The van der Waals surface area contributed by atoms with E-state index in [2.05, 4.69) is 10.1 Å². The molecule has 0 saturated carbocycles. The average Bonchev–Trinajstić information content (AvgIpc) is 2.56. The molecule has 0 fully saturated rings. The van der Waals surface area contributed by atoms with E-state index in [0.717, 1.165) is 4.90 Å². The van der Waals surface area contributed by atoms with Gasteiger partial charge in [-0.3, -0.25) is 4.79 Å². The molecule has 120 valence electrons. The smallest absolute Gasteiger partial charge is 0.337 e. The van der Waals surface area contributed by atoms with Gasteiger partial charge in [0.1, 0.15) is 0 Å². The van der Waals surface area contributed by atoms with E-state index in [1.54, 1.807) is 24.3 Å². The van der Waals surface area contributed by atoms with Crippen molar-refractivity contribution in [2.45, 2.75) is 24.0 Å². The number of anilines is 1. The topological polar surface area (TPSA) is 55.4 Å². The molecule has 0 aliphatic carbocycles. The van der Waals surface area contributed by atoms with Crippen LogP contribution in [0, 0.1) is 6.92 Å². The van der Waals surface area contributed by atoms with Crippen molar-refractivity contribution in [3.8, 4) is 0 Å². The molecule has 0 aliphatic rings.